The Balaban J connectivity index is 1.45. The van der Waals surface area contributed by atoms with Crippen molar-refractivity contribution in [1.29, 1.82) is 0 Å². The van der Waals surface area contributed by atoms with Crippen LogP contribution in [-0.4, -0.2) is 22.0 Å². The lowest BCUT2D eigenvalue weighted by Gasteiger charge is -2.31. The summed E-state index contributed by atoms with van der Waals surface area (Å²) in [6.45, 7) is 2.33. The zero-order valence-electron chi connectivity index (χ0n) is 19.9. The highest BCUT2D eigenvalue weighted by molar-refractivity contribution is 8.00. The Kier molecular flexibility index (Phi) is 6.60. The Bertz CT molecular complexity index is 1630. The molecular formula is C28H20Cl2N2O4S2. The highest BCUT2D eigenvalue weighted by Gasteiger charge is 2.56. The number of ether oxygens (including phenoxy) is 1. The number of thioether (sulfide) groups is 1. The van der Waals surface area contributed by atoms with Crippen LogP contribution in [0.15, 0.2) is 76.6 Å². The maximum Gasteiger partial charge on any atom is 0.305 e. The van der Waals surface area contributed by atoms with Gasteiger partial charge in [-0.15, -0.1) is 0 Å². The van der Waals surface area contributed by atoms with Crippen molar-refractivity contribution in [3.63, 3.8) is 0 Å². The Morgan fingerprint density at radius 3 is 2.47 bits per heavy atom. The largest absolute Gasteiger partial charge is 0.489 e. The summed E-state index contributed by atoms with van der Waals surface area (Å²) in [5, 5.41) is 0.847. The summed E-state index contributed by atoms with van der Waals surface area (Å²) in [7, 11) is 0. The first-order valence-corrected chi connectivity index (χ1v) is 14.3. The number of nitrogens with one attached hydrogen (secondary N) is 1. The van der Waals surface area contributed by atoms with Crippen molar-refractivity contribution in [1.82, 2.24) is 4.98 Å². The molecule has 0 radical (unpaired) electrons. The molecule has 0 bridgehead atoms. The fourth-order valence-electron chi connectivity index (χ4n) is 5.05. The van der Waals surface area contributed by atoms with E-state index in [1.54, 1.807) is 42.5 Å². The first-order valence-electron chi connectivity index (χ1n) is 11.8. The highest BCUT2D eigenvalue weighted by atomic mass is 35.5. The van der Waals surface area contributed by atoms with Gasteiger partial charge in [0.15, 0.2) is 0 Å². The number of imide groups is 1. The molecule has 2 aliphatic heterocycles. The summed E-state index contributed by atoms with van der Waals surface area (Å²) in [4.78, 5) is 44.5. The van der Waals surface area contributed by atoms with Gasteiger partial charge in [0.05, 0.1) is 16.6 Å². The third-order valence-corrected chi connectivity index (χ3v) is 9.58. The van der Waals surface area contributed by atoms with Crippen molar-refractivity contribution in [2.45, 2.75) is 29.7 Å². The number of thiazole rings is 1. The van der Waals surface area contributed by atoms with Crippen molar-refractivity contribution in [3.8, 4) is 5.75 Å². The molecule has 0 spiro atoms. The first-order chi connectivity index (χ1) is 18.3. The molecule has 4 aromatic rings. The van der Waals surface area contributed by atoms with Gasteiger partial charge in [-0.25, -0.2) is 4.90 Å². The summed E-state index contributed by atoms with van der Waals surface area (Å²) in [5.41, 5.74) is 3.23. The van der Waals surface area contributed by atoms with E-state index in [1.165, 1.54) is 16.7 Å². The first kappa shape index (κ1) is 25.2. The summed E-state index contributed by atoms with van der Waals surface area (Å²) >= 11 is 14.8. The van der Waals surface area contributed by atoms with E-state index in [9.17, 15) is 14.4 Å². The van der Waals surface area contributed by atoms with E-state index in [1.807, 2.05) is 31.2 Å². The summed E-state index contributed by atoms with van der Waals surface area (Å²) < 4.78 is 6.27. The second-order valence-electron chi connectivity index (χ2n) is 9.20. The number of anilines is 1. The number of benzene rings is 3. The van der Waals surface area contributed by atoms with E-state index in [0.717, 1.165) is 22.5 Å². The molecule has 1 N–H and O–H groups in total. The third kappa shape index (κ3) is 4.45. The topological polar surface area (TPSA) is 79.5 Å². The summed E-state index contributed by atoms with van der Waals surface area (Å²) in [6, 6.07) is 19.9. The SMILES string of the molecule is Cc1cccc(COc2ccc(Cl)cc2C2c3sc(=O)[nH]c3SC3C(=O)N(c4ccc(Cl)cc4)C(=O)C32)c1. The Hall–Kier alpha value is -3.04. The smallest absolute Gasteiger partial charge is 0.305 e. The second-order valence-corrected chi connectivity index (χ2v) is 12.2. The van der Waals surface area contributed by atoms with Gasteiger partial charge in [0.25, 0.3) is 0 Å². The number of fused-ring (bicyclic) bond motifs is 2. The van der Waals surface area contributed by atoms with Crippen LogP contribution in [0.3, 0.4) is 0 Å². The molecule has 6 nitrogen and oxygen atoms in total. The van der Waals surface area contributed by atoms with Gasteiger partial charge < -0.3 is 9.72 Å². The van der Waals surface area contributed by atoms with E-state index >= 15 is 0 Å². The number of aromatic amines is 1. The number of carbonyl (C=O) groups excluding carboxylic acids is 2. The minimum Gasteiger partial charge on any atom is -0.489 e. The average molecular weight is 584 g/mol. The molecule has 38 heavy (non-hydrogen) atoms. The fourth-order valence-corrected chi connectivity index (χ4v) is 7.87. The number of hydrogen-bond acceptors (Lipinski definition) is 6. The molecule has 1 saturated heterocycles. The van der Waals surface area contributed by atoms with Gasteiger partial charge in [-0.2, -0.15) is 0 Å². The molecule has 3 unspecified atom stereocenters. The fraction of sp³-hybridized carbons (Fsp3) is 0.179. The van der Waals surface area contributed by atoms with E-state index < -0.39 is 17.1 Å². The van der Waals surface area contributed by atoms with E-state index in [0.29, 0.717) is 43.6 Å². The van der Waals surface area contributed by atoms with Crippen LogP contribution in [0.1, 0.15) is 27.5 Å². The van der Waals surface area contributed by atoms with E-state index in [-0.39, 0.29) is 16.7 Å². The molecular weight excluding hydrogens is 563 g/mol. The maximum absolute atomic E-state index is 14.0. The number of carbonyl (C=O) groups is 2. The van der Waals surface area contributed by atoms with Crippen molar-refractivity contribution in [2.24, 2.45) is 5.92 Å². The molecule has 0 aliphatic carbocycles. The third-order valence-electron chi connectivity index (χ3n) is 6.69. The highest BCUT2D eigenvalue weighted by Crippen LogP contribution is 2.54. The van der Waals surface area contributed by atoms with Crippen LogP contribution in [-0.2, 0) is 16.2 Å². The molecule has 2 aliphatic rings. The van der Waals surface area contributed by atoms with Crippen molar-refractivity contribution < 1.29 is 14.3 Å². The lowest BCUT2D eigenvalue weighted by atomic mass is 9.82. The van der Waals surface area contributed by atoms with Gasteiger partial charge in [-0.05, 0) is 55.0 Å². The number of halogens is 2. The van der Waals surface area contributed by atoms with Crippen LogP contribution in [0.4, 0.5) is 5.69 Å². The molecule has 6 rings (SSSR count). The minimum atomic E-state index is -0.748. The summed E-state index contributed by atoms with van der Waals surface area (Å²) in [6.07, 6.45) is 0. The van der Waals surface area contributed by atoms with Gasteiger partial charge in [-0.1, -0.05) is 76.1 Å². The zero-order valence-corrected chi connectivity index (χ0v) is 23.1. The van der Waals surface area contributed by atoms with Gasteiger partial charge in [0.2, 0.25) is 11.8 Å². The van der Waals surface area contributed by atoms with Crippen molar-refractivity contribution in [3.05, 3.63) is 108 Å². The number of nitrogens with zero attached hydrogens (tertiary/aromatic N) is 1. The quantitative estimate of drug-likeness (QED) is 0.274. The number of rotatable bonds is 5. The van der Waals surface area contributed by atoms with Crippen LogP contribution in [0, 0.1) is 12.8 Å². The average Bonchev–Trinajstić information content (AvgIpc) is 3.38. The second kappa shape index (κ2) is 9.93. The number of H-pyrrole nitrogens is 1. The van der Waals surface area contributed by atoms with Crippen LogP contribution in [0.5, 0.6) is 5.75 Å². The number of aromatic nitrogens is 1. The molecule has 2 amide bonds. The number of aryl methyl sites for hydroxylation is 1. The number of amides is 2. The van der Waals surface area contributed by atoms with Crippen LogP contribution in [0.25, 0.3) is 0 Å². The summed E-state index contributed by atoms with van der Waals surface area (Å²) in [5.74, 6) is -1.47. The van der Waals surface area contributed by atoms with Crippen molar-refractivity contribution in [2.75, 3.05) is 4.90 Å². The van der Waals surface area contributed by atoms with Crippen molar-refractivity contribution >= 4 is 63.8 Å². The molecule has 3 heterocycles. The van der Waals surface area contributed by atoms with Gasteiger partial charge >= 0.3 is 4.87 Å². The predicted molar refractivity (Wildman–Crippen MR) is 151 cm³/mol. The molecule has 192 valence electrons. The van der Waals surface area contributed by atoms with Gasteiger partial charge in [0, 0.05) is 26.4 Å². The minimum absolute atomic E-state index is 0.244. The number of hydrogen-bond donors (Lipinski definition) is 1. The van der Waals surface area contributed by atoms with E-state index in [4.69, 9.17) is 27.9 Å². The Morgan fingerprint density at radius 2 is 1.71 bits per heavy atom. The van der Waals surface area contributed by atoms with Crippen LogP contribution in [0.2, 0.25) is 10.0 Å². The molecule has 1 fully saturated rings. The van der Waals surface area contributed by atoms with Crippen LogP contribution < -0.4 is 14.5 Å². The predicted octanol–water partition coefficient (Wildman–Crippen LogP) is 6.43. The molecule has 3 atom stereocenters. The zero-order chi connectivity index (χ0) is 26.6. The normalized spacial score (nSPS) is 20.4. The lowest BCUT2D eigenvalue weighted by molar-refractivity contribution is -0.122. The molecule has 10 heteroatoms. The van der Waals surface area contributed by atoms with Crippen LogP contribution >= 0.6 is 46.3 Å². The monoisotopic (exact) mass is 582 g/mol. The Labute approximate surface area is 236 Å². The maximum atomic E-state index is 14.0. The molecule has 0 saturated carbocycles. The standard InChI is InChI=1S/C28H20Cl2N2O4S2/c1-14-3-2-4-15(11-14)13-36-20-10-7-17(30)12-19(20)21-22-24(37-25-23(21)38-28(35)31-25)27(34)32(26(22)33)18-8-5-16(29)6-9-18/h2-12,21-22,24H,13H2,1H3,(H,31,35). The lowest BCUT2D eigenvalue weighted by Crippen LogP contribution is -2.32. The van der Waals surface area contributed by atoms with Gasteiger partial charge in [0.1, 0.15) is 17.6 Å². The molecule has 3 aromatic carbocycles. The Morgan fingerprint density at radius 1 is 0.947 bits per heavy atom. The van der Waals surface area contributed by atoms with Gasteiger partial charge in [-0.3, -0.25) is 14.4 Å². The molecule has 1 aromatic heterocycles. The van der Waals surface area contributed by atoms with E-state index in [2.05, 4.69) is 4.98 Å².